The molecule has 12 aromatic rings. The summed E-state index contributed by atoms with van der Waals surface area (Å²) in [5, 5.41) is 10.2. The van der Waals surface area contributed by atoms with E-state index >= 15 is 0 Å². The van der Waals surface area contributed by atoms with Crippen LogP contribution in [0.3, 0.4) is 0 Å². The van der Waals surface area contributed by atoms with E-state index in [1.165, 1.54) is 91.5 Å². The van der Waals surface area contributed by atoms with Crippen molar-refractivity contribution in [3.05, 3.63) is 218 Å². The second kappa shape index (κ2) is 13.6. The van der Waals surface area contributed by atoms with Gasteiger partial charge in [-0.2, -0.15) is 0 Å². The smallest absolute Gasteiger partial charge is 0.0726 e. The third-order valence-corrected chi connectivity index (χ3v) is 13.1. The third kappa shape index (κ3) is 5.40. The van der Waals surface area contributed by atoms with Gasteiger partial charge in [-0.3, -0.25) is 0 Å². The first-order valence-electron chi connectivity index (χ1n) is 20.2. The molecule has 59 heavy (non-hydrogen) atoms. The number of rotatable bonds is 6. The van der Waals surface area contributed by atoms with Crippen LogP contribution in [-0.4, -0.2) is 4.57 Å². The molecule has 0 aliphatic rings. The van der Waals surface area contributed by atoms with Gasteiger partial charge in [-0.1, -0.05) is 164 Å². The molecule has 0 radical (unpaired) electrons. The minimum absolute atomic E-state index is 1.10. The first kappa shape index (κ1) is 33.7. The van der Waals surface area contributed by atoms with Crippen molar-refractivity contribution in [1.82, 2.24) is 4.57 Å². The molecule has 10 aromatic carbocycles. The molecule has 2 aromatic heterocycles. The monoisotopic (exact) mass is 768 g/mol. The van der Waals surface area contributed by atoms with Gasteiger partial charge in [0.25, 0.3) is 0 Å². The zero-order valence-electron chi connectivity index (χ0n) is 32.1. The Labute approximate surface area is 346 Å². The number of anilines is 3. The molecule has 0 N–H and O–H groups in total. The van der Waals surface area contributed by atoms with Crippen LogP contribution in [0.25, 0.3) is 91.5 Å². The molecule has 0 aliphatic carbocycles. The van der Waals surface area contributed by atoms with E-state index in [0.29, 0.717) is 0 Å². The maximum absolute atomic E-state index is 2.55. The lowest BCUT2D eigenvalue weighted by atomic mass is 9.98. The highest BCUT2D eigenvalue weighted by Gasteiger charge is 2.24. The van der Waals surface area contributed by atoms with Gasteiger partial charge in [0, 0.05) is 48.7 Å². The van der Waals surface area contributed by atoms with E-state index < -0.39 is 0 Å². The van der Waals surface area contributed by atoms with Crippen molar-refractivity contribution in [2.45, 2.75) is 0 Å². The fraction of sp³-hybridized carbons (Fsp3) is 0. The van der Waals surface area contributed by atoms with E-state index in [4.69, 9.17) is 0 Å². The summed E-state index contributed by atoms with van der Waals surface area (Å²) in [7, 11) is 0. The predicted octanol–water partition coefficient (Wildman–Crippen LogP) is 16.3. The molecule has 276 valence electrons. The molecule has 0 aliphatic heterocycles. The highest BCUT2D eigenvalue weighted by molar-refractivity contribution is 7.27. The van der Waals surface area contributed by atoms with E-state index in [1.807, 2.05) is 11.3 Å². The van der Waals surface area contributed by atoms with E-state index in [1.54, 1.807) is 0 Å². The van der Waals surface area contributed by atoms with Gasteiger partial charge >= 0.3 is 0 Å². The third-order valence-electron chi connectivity index (χ3n) is 12.0. The lowest BCUT2D eigenvalue weighted by Crippen LogP contribution is -2.10. The molecule has 2 heterocycles. The zero-order chi connectivity index (χ0) is 38.9. The Morgan fingerprint density at radius 2 is 0.864 bits per heavy atom. The Hall–Kier alpha value is -7.46. The van der Waals surface area contributed by atoms with Gasteiger partial charge in [0.05, 0.1) is 21.4 Å². The topological polar surface area (TPSA) is 8.17 Å². The van der Waals surface area contributed by atoms with Crippen molar-refractivity contribution in [3.8, 4) is 27.9 Å². The van der Waals surface area contributed by atoms with Crippen molar-refractivity contribution < 1.29 is 0 Å². The number of hydrogen-bond donors (Lipinski definition) is 0. The molecule has 0 amide bonds. The van der Waals surface area contributed by atoms with Crippen LogP contribution >= 0.6 is 11.3 Å². The van der Waals surface area contributed by atoms with E-state index in [9.17, 15) is 0 Å². The highest BCUT2D eigenvalue weighted by atomic mass is 32.1. The van der Waals surface area contributed by atoms with Gasteiger partial charge < -0.3 is 9.47 Å². The standard InChI is InChI=1S/C56H36N2S/c1-3-14-37(15-4-1)39-26-30-42(31-27-39)57(43-32-28-40(29-33-43)38-16-5-2-6-17-38)44-34-35-51-49(36-44)53-46-21-9-10-22-47(46)54-48-23-11-12-25-52(48)59-56(54)55(53)58(51)50-24-13-19-41-18-7-8-20-45(41)50/h1-36H. The predicted molar refractivity (Wildman–Crippen MR) is 254 cm³/mol. The average Bonchev–Trinajstić information content (AvgIpc) is 3.87. The van der Waals surface area contributed by atoms with Crippen molar-refractivity contribution in [2.24, 2.45) is 0 Å². The second-order valence-electron chi connectivity index (χ2n) is 15.3. The average molecular weight is 769 g/mol. The lowest BCUT2D eigenvalue weighted by Gasteiger charge is -2.26. The van der Waals surface area contributed by atoms with Crippen LogP contribution in [-0.2, 0) is 0 Å². The summed E-state index contributed by atoms with van der Waals surface area (Å²) >= 11 is 1.91. The SMILES string of the molecule is c1ccc(-c2ccc(N(c3ccc(-c4ccccc4)cc3)c3ccc4c(c3)c3c5ccccc5c5c6ccccc6sc5c3n4-c3cccc4ccccc34)cc2)cc1. The number of thiophene rings is 1. The summed E-state index contributed by atoms with van der Waals surface area (Å²) < 4.78 is 5.17. The normalized spacial score (nSPS) is 11.7. The molecule has 0 spiro atoms. The van der Waals surface area contributed by atoms with Gasteiger partial charge in [0.15, 0.2) is 0 Å². The Kier molecular flexibility index (Phi) is 7.75. The van der Waals surface area contributed by atoms with Crippen LogP contribution < -0.4 is 4.90 Å². The number of benzene rings is 10. The second-order valence-corrected chi connectivity index (χ2v) is 16.3. The zero-order valence-corrected chi connectivity index (χ0v) is 32.9. The maximum atomic E-state index is 2.55. The van der Waals surface area contributed by atoms with Gasteiger partial charge in [-0.15, -0.1) is 11.3 Å². The molecule has 0 bridgehead atoms. The molecule has 0 unspecified atom stereocenters. The highest BCUT2D eigenvalue weighted by Crippen LogP contribution is 2.49. The molecule has 3 heteroatoms. The molecular formula is C56H36N2S. The molecular weight excluding hydrogens is 733 g/mol. The Morgan fingerprint density at radius 1 is 0.356 bits per heavy atom. The van der Waals surface area contributed by atoms with E-state index in [2.05, 4.69) is 228 Å². The molecule has 0 saturated carbocycles. The van der Waals surface area contributed by atoms with Crippen molar-refractivity contribution in [3.63, 3.8) is 0 Å². The summed E-state index contributed by atoms with van der Waals surface area (Å²) in [6.45, 7) is 0. The van der Waals surface area contributed by atoms with Crippen LogP contribution in [0.4, 0.5) is 17.1 Å². The molecule has 0 atom stereocenters. The van der Waals surface area contributed by atoms with Gasteiger partial charge in [0.1, 0.15) is 0 Å². The minimum atomic E-state index is 1.10. The maximum Gasteiger partial charge on any atom is 0.0726 e. The van der Waals surface area contributed by atoms with Crippen LogP contribution in [0.5, 0.6) is 0 Å². The quantitative estimate of drug-likeness (QED) is 0.164. The summed E-state index contributed by atoms with van der Waals surface area (Å²) in [5.41, 5.74) is 11.8. The van der Waals surface area contributed by atoms with E-state index in [-0.39, 0.29) is 0 Å². The summed E-state index contributed by atoms with van der Waals surface area (Å²) in [5.74, 6) is 0. The number of fused-ring (bicyclic) bond motifs is 11. The van der Waals surface area contributed by atoms with Crippen LogP contribution in [0, 0.1) is 0 Å². The minimum Gasteiger partial charge on any atom is -0.310 e. The van der Waals surface area contributed by atoms with Crippen molar-refractivity contribution >= 4 is 91.9 Å². The lowest BCUT2D eigenvalue weighted by molar-refractivity contribution is 1.20. The fourth-order valence-electron chi connectivity index (χ4n) is 9.27. The molecule has 2 nitrogen and oxygen atoms in total. The Balaban J connectivity index is 1.16. The van der Waals surface area contributed by atoms with Crippen molar-refractivity contribution in [2.75, 3.05) is 4.90 Å². The van der Waals surface area contributed by atoms with Gasteiger partial charge in [-0.25, -0.2) is 0 Å². The first-order chi connectivity index (χ1) is 29.3. The largest absolute Gasteiger partial charge is 0.310 e. The fourth-order valence-corrected chi connectivity index (χ4v) is 10.5. The van der Waals surface area contributed by atoms with Crippen LogP contribution in [0.15, 0.2) is 218 Å². The number of aromatic nitrogens is 1. The first-order valence-corrected chi connectivity index (χ1v) is 21.0. The summed E-state index contributed by atoms with van der Waals surface area (Å²) in [6, 6.07) is 79.7. The summed E-state index contributed by atoms with van der Waals surface area (Å²) in [4.78, 5) is 2.41. The summed E-state index contributed by atoms with van der Waals surface area (Å²) in [6.07, 6.45) is 0. The van der Waals surface area contributed by atoms with Gasteiger partial charge in [0.2, 0.25) is 0 Å². The Bertz CT molecular complexity index is 3440. The number of nitrogens with zero attached hydrogens (tertiary/aromatic N) is 2. The number of hydrogen-bond acceptors (Lipinski definition) is 2. The van der Waals surface area contributed by atoms with Crippen LogP contribution in [0.2, 0.25) is 0 Å². The van der Waals surface area contributed by atoms with Gasteiger partial charge in [-0.05, 0) is 93.0 Å². The molecule has 12 rings (SSSR count). The van der Waals surface area contributed by atoms with Crippen LogP contribution in [0.1, 0.15) is 0 Å². The van der Waals surface area contributed by atoms with E-state index in [0.717, 1.165) is 17.1 Å². The molecule has 0 fully saturated rings. The van der Waals surface area contributed by atoms with Crippen molar-refractivity contribution in [1.29, 1.82) is 0 Å². The molecule has 0 saturated heterocycles. The Morgan fingerprint density at radius 3 is 1.53 bits per heavy atom.